The molecule has 4 aromatic rings. The van der Waals surface area contributed by atoms with Gasteiger partial charge in [0.1, 0.15) is 11.2 Å². The van der Waals surface area contributed by atoms with Crippen LogP contribution in [0.2, 0.25) is 0 Å². The summed E-state index contributed by atoms with van der Waals surface area (Å²) in [6.07, 6.45) is 3.48. The summed E-state index contributed by atoms with van der Waals surface area (Å²) in [4.78, 5) is 45.8. The van der Waals surface area contributed by atoms with Crippen molar-refractivity contribution in [3.63, 3.8) is 0 Å². The third-order valence-electron chi connectivity index (χ3n) is 8.93. The second kappa shape index (κ2) is 16.6. The minimum Gasteiger partial charge on any atom is -0.478 e. The molecular formula is C44H48N2O9. The molecule has 2 aliphatic rings. The maximum Gasteiger partial charge on any atom is 0.412 e. The summed E-state index contributed by atoms with van der Waals surface area (Å²) in [6, 6.07) is 25.0. The fourth-order valence-electron chi connectivity index (χ4n) is 6.54. The largest absolute Gasteiger partial charge is 0.478 e. The number of aliphatic hydroxyl groups excluding tert-OH is 1. The number of ether oxygens (including phenoxy) is 2. The number of aromatic carboxylic acids is 2. The van der Waals surface area contributed by atoms with Crippen LogP contribution in [-0.2, 0) is 35.2 Å². The van der Waals surface area contributed by atoms with Gasteiger partial charge in [0.05, 0.1) is 17.2 Å². The Morgan fingerprint density at radius 3 is 1.67 bits per heavy atom. The summed E-state index contributed by atoms with van der Waals surface area (Å²) in [5, 5.41) is 34.1. The number of aliphatic hydroxyl groups is 1. The molecule has 6 rings (SSSR count). The van der Waals surface area contributed by atoms with Gasteiger partial charge in [0, 0.05) is 11.4 Å². The van der Waals surface area contributed by atoms with Gasteiger partial charge in [0.25, 0.3) is 0 Å². The molecule has 0 spiro atoms. The highest BCUT2D eigenvalue weighted by atomic mass is 16.6. The third-order valence-corrected chi connectivity index (χ3v) is 8.93. The third kappa shape index (κ3) is 11.5. The molecule has 0 fully saturated rings. The van der Waals surface area contributed by atoms with Gasteiger partial charge in [-0.15, -0.1) is 0 Å². The Hall–Kier alpha value is -5.94. The zero-order valence-electron chi connectivity index (χ0n) is 31.9. The van der Waals surface area contributed by atoms with Crippen LogP contribution in [0.3, 0.4) is 0 Å². The van der Waals surface area contributed by atoms with Crippen molar-refractivity contribution >= 4 is 41.6 Å². The lowest BCUT2D eigenvalue weighted by Crippen LogP contribution is -2.27. The van der Waals surface area contributed by atoms with E-state index >= 15 is 0 Å². The van der Waals surface area contributed by atoms with Gasteiger partial charge in [0.15, 0.2) is 0 Å². The van der Waals surface area contributed by atoms with Crippen molar-refractivity contribution in [2.45, 2.75) is 84.5 Å². The van der Waals surface area contributed by atoms with E-state index in [1.807, 2.05) is 63.2 Å². The zero-order valence-corrected chi connectivity index (χ0v) is 31.9. The number of nitrogens with one attached hydrogen (secondary N) is 2. The molecule has 0 saturated heterocycles. The second-order valence-electron chi connectivity index (χ2n) is 15.9. The zero-order chi connectivity index (χ0) is 40.1. The number of hydrogen-bond donors (Lipinski definition) is 5. The first-order valence-corrected chi connectivity index (χ1v) is 18.1. The summed E-state index contributed by atoms with van der Waals surface area (Å²) in [5.41, 5.74) is 8.23. The average molecular weight is 749 g/mol. The van der Waals surface area contributed by atoms with Gasteiger partial charge in [-0.05, 0) is 155 Å². The topological polar surface area (TPSA) is 171 Å². The van der Waals surface area contributed by atoms with Crippen LogP contribution in [0.25, 0.3) is 6.08 Å². The number of carbonyl (C=O) groups excluding carboxylic acids is 2. The number of benzene rings is 4. The Balaban J connectivity index is 0.000000211. The predicted molar refractivity (Wildman–Crippen MR) is 211 cm³/mol. The van der Waals surface area contributed by atoms with Crippen LogP contribution < -0.4 is 10.6 Å². The van der Waals surface area contributed by atoms with Crippen LogP contribution in [0.5, 0.6) is 0 Å². The fraction of sp³-hybridized carbons (Fsp3) is 0.318. The Morgan fingerprint density at radius 1 is 0.673 bits per heavy atom. The molecule has 0 heterocycles. The average Bonchev–Trinajstić information content (AvgIpc) is 3.62. The standard InChI is InChI=1S/C22H25NO5.C22H23NO4/c1-22(2,3)28-21(27)23-17-8-9-18-15(12-17)11-16(19(18)24)10-13-4-6-14(7-5-13)20(25)26;1-22(2,3)27-21(26)23-19-9-8-17-11-15(12-18(17)13-19)10-14-4-6-16(7-5-14)20(24)25/h4-9,12,16,19,24H,10-11H2,1-3H3,(H,23,27)(H,25,26);4-9,11,13H,10,12H2,1-3H3,(H,23,26)(H,24,25). The normalized spacial score (nSPS) is 15.7. The van der Waals surface area contributed by atoms with Crippen molar-refractivity contribution < 1.29 is 44.0 Å². The molecule has 0 aliphatic heterocycles. The van der Waals surface area contributed by atoms with Gasteiger partial charge in [-0.3, -0.25) is 10.6 Å². The Bertz CT molecular complexity index is 2090. The van der Waals surface area contributed by atoms with E-state index in [0.717, 1.165) is 46.2 Å². The predicted octanol–water partition coefficient (Wildman–Crippen LogP) is 9.09. The number of carboxylic acid groups (broad SMARTS) is 2. The minimum atomic E-state index is -0.954. The minimum absolute atomic E-state index is 0.00227. The van der Waals surface area contributed by atoms with Gasteiger partial charge in [-0.2, -0.15) is 0 Å². The molecule has 0 saturated carbocycles. The van der Waals surface area contributed by atoms with E-state index < -0.39 is 41.4 Å². The summed E-state index contributed by atoms with van der Waals surface area (Å²) in [6.45, 7) is 10.9. The molecule has 11 heteroatoms. The first-order valence-electron chi connectivity index (χ1n) is 18.1. The molecule has 55 heavy (non-hydrogen) atoms. The molecule has 2 unspecified atom stereocenters. The molecule has 2 atom stereocenters. The number of anilines is 2. The Labute approximate surface area is 321 Å². The first-order chi connectivity index (χ1) is 25.8. The SMILES string of the molecule is CC(C)(C)OC(=O)Nc1ccc2c(c1)CC(Cc1ccc(C(=O)O)cc1)=C2.CC(C)(C)OC(=O)Nc1ccc2c(c1)CC(Cc1ccc(C(=O)O)cc1)C2O. The van der Waals surface area contributed by atoms with Crippen molar-refractivity contribution in [3.8, 4) is 0 Å². The molecule has 0 aromatic heterocycles. The van der Waals surface area contributed by atoms with Crippen LogP contribution >= 0.6 is 0 Å². The lowest BCUT2D eigenvalue weighted by molar-refractivity contribution is 0.0624. The molecule has 2 amide bonds. The van der Waals surface area contributed by atoms with Gasteiger partial charge in [-0.25, -0.2) is 19.2 Å². The van der Waals surface area contributed by atoms with Crippen molar-refractivity contribution in [2.75, 3.05) is 10.6 Å². The van der Waals surface area contributed by atoms with Gasteiger partial charge >= 0.3 is 24.1 Å². The monoisotopic (exact) mass is 748 g/mol. The molecule has 2 aliphatic carbocycles. The highest BCUT2D eigenvalue weighted by Gasteiger charge is 2.31. The van der Waals surface area contributed by atoms with Crippen LogP contribution in [0.15, 0.2) is 90.5 Å². The molecular weight excluding hydrogens is 700 g/mol. The summed E-state index contributed by atoms with van der Waals surface area (Å²) in [5.74, 6) is -1.87. The smallest absolute Gasteiger partial charge is 0.412 e. The highest BCUT2D eigenvalue weighted by Crippen LogP contribution is 2.39. The van der Waals surface area contributed by atoms with E-state index in [0.29, 0.717) is 29.8 Å². The molecule has 11 nitrogen and oxygen atoms in total. The van der Waals surface area contributed by atoms with Crippen molar-refractivity contribution in [2.24, 2.45) is 5.92 Å². The molecule has 0 radical (unpaired) electrons. The Kier molecular flexibility index (Phi) is 12.2. The van der Waals surface area contributed by atoms with Crippen LogP contribution in [0, 0.1) is 5.92 Å². The number of carboxylic acids is 2. The van der Waals surface area contributed by atoms with Gasteiger partial charge < -0.3 is 24.8 Å². The quantitative estimate of drug-likeness (QED) is 0.118. The van der Waals surface area contributed by atoms with Gasteiger partial charge in [-0.1, -0.05) is 48.0 Å². The first kappa shape index (κ1) is 40.2. The van der Waals surface area contributed by atoms with E-state index in [9.17, 15) is 24.3 Å². The second-order valence-corrected chi connectivity index (χ2v) is 15.9. The van der Waals surface area contributed by atoms with Gasteiger partial charge in [0.2, 0.25) is 0 Å². The number of amides is 2. The summed E-state index contributed by atoms with van der Waals surface area (Å²) < 4.78 is 10.6. The molecule has 5 N–H and O–H groups in total. The fourth-order valence-corrected chi connectivity index (χ4v) is 6.54. The Morgan fingerprint density at radius 2 is 1.16 bits per heavy atom. The van der Waals surface area contributed by atoms with Crippen molar-refractivity contribution in [1.29, 1.82) is 0 Å². The highest BCUT2D eigenvalue weighted by molar-refractivity contribution is 5.88. The lowest BCUT2D eigenvalue weighted by Gasteiger charge is -2.19. The van der Waals surface area contributed by atoms with E-state index in [1.54, 1.807) is 63.2 Å². The van der Waals surface area contributed by atoms with Crippen molar-refractivity contribution in [1.82, 2.24) is 0 Å². The van der Waals surface area contributed by atoms with E-state index in [4.69, 9.17) is 19.7 Å². The number of allylic oxidation sites excluding steroid dienone is 1. The lowest BCUT2D eigenvalue weighted by atomic mass is 9.94. The molecule has 288 valence electrons. The maximum absolute atomic E-state index is 11.9. The summed E-state index contributed by atoms with van der Waals surface area (Å²) in [7, 11) is 0. The molecule has 0 bridgehead atoms. The van der Waals surface area contributed by atoms with Crippen molar-refractivity contribution in [3.05, 3.63) is 135 Å². The summed E-state index contributed by atoms with van der Waals surface area (Å²) >= 11 is 0. The van der Waals surface area contributed by atoms with E-state index in [-0.39, 0.29) is 11.5 Å². The molecule has 4 aromatic carbocycles. The number of hydrogen-bond acceptors (Lipinski definition) is 7. The number of fused-ring (bicyclic) bond motifs is 2. The maximum atomic E-state index is 11.9. The number of carbonyl (C=O) groups is 4. The number of rotatable bonds is 8. The van der Waals surface area contributed by atoms with E-state index in [2.05, 4.69) is 16.7 Å². The van der Waals surface area contributed by atoms with Crippen LogP contribution in [-0.4, -0.2) is 50.6 Å². The van der Waals surface area contributed by atoms with E-state index in [1.165, 1.54) is 5.57 Å². The van der Waals surface area contributed by atoms with Crippen LogP contribution in [0.1, 0.15) is 102 Å². The van der Waals surface area contributed by atoms with Crippen LogP contribution in [0.4, 0.5) is 21.0 Å².